The molecular formula is C22H31N3O2S. The molecule has 0 radical (unpaired) electrons. The molecule has 3 fully saturated rings. The van der Waals surface area contributed by atoms with Gasteiger partial charge >= 0.3 is 0 Å². The molecule has 0 bridgehead atoms. The molecule has 2 amide bonds. The molecule has 0 unspecified atom stereocenters. The predicted molar refractivity (Wildman–Crippen MR) is 112 cm³/mol. The van der Waals surface area contributed by atoms with Crippen molar-refractivity contribution in [2.75, 3.05) is 37.7 Å². The third kappa shape index (κ3) is 5.07. The van der Waals surface area contributed by atoms with Crippen LogP contribution in [0.4, 0.5) is 0 Å². The molecule has 28 heavy (non-hydrogen) atoms. The number of aromatic nitrogens is 1. The molecule has 6 heteroatoms. The molecule has 4 rings (SSSR count). The third-order valence-corrected chi connectivity index (χ3v) is 7.75. The maximum Gasteiger partial charge on any atom is 0.232 e. The highest BCUT2D eigenvalue weighted by molar-refractivity contribution is 7.99. The molecule has 2 saturated heterocycles. The van der Waals surface area contributed by atoms with Crippen molar-refractivity contribution < 1.29 is 9.59 Å². The van der Waals surface area contributed by atoms with Crippen LogP contribution in [-0.2, 0) is 16.0 Å². The summed E-state index contributed by atoms with van der Waals surface area (Å²) in [6.07, 6.45) is 10.9. The molecule has 1 aliphatic carbocycles. The lowest BCUT2D eigenvalue weighted by Gasteiger charge is -2.47. The van der Waals surface area contributed by atoms with Crippen LogP contribution in [0, 0.1) is 11.3 Å². The Morgan fingerprint density at radius 2 is 2.07 bits per heavy atom. The van der Waals surface area contributed by atoms with Crippen LogP contribution in [0.1, 0.15) is 44.1 Å². The minimum absolute atomic E-state index is 0.209. The van der Waals surface area contributed by atoms with Crippen LogP contribution in [0.2, 0.25) is 0 Å². The topological polar surface area (TPSA) is 53.5 Å². The minimum atomic E-state index is 0.209. The van der Waals surface area contributed by atoms with Crippen molar-refractivity contribution >= 4 is 23.6 Å². The summed E-state index contributed by atoms with van der Waals surface area (Å²) in [6, 6.07) is 4.02. The van der Waals surface area contributed by atoms with E-state index in [0.717, 1.165) is 63.5 Å². The van der Waals surface area contributed by atoms with Crippen molar-refractivity contribution in [2.24, 2.45) is 11.3 Å². The number of rotatable bonds is 7. The lowest BCUT2D eigenvalue weighted by molar-refractivity contribution is -0.141. The molecule has 1 spiro atoms. The van der Waals surface area contributed by atoms with Gasteiger partial charge in [0.25, 0.3) is 0 Å². The molecule has 5 nitrogen and oxygen atoms in total. The van der Waals surface area contributed by atoms with Crippen LogP contribution in [0.5, 0.6) is 0 Å². The predicted octanol–water partition coefficient (Wildman–Crippen LogP) is 3.00. The van der Waals surface area contributed by atoms with Gasteiger partial charge in [-0.3, -0.25) is 14.6 Å². The second kappa shape index (κ2) is 8.85. The molecule has 0 aromatic carbocycles. The van der Waals surface area contributed by atoms with E-state index in [2.05, 4.69) is 20.9 Å². The number of piperidine rings is 2. The van der Waals surface area contributed by atoms with E-state index in [9.17, 15) is 9.59 Å². The van der Waals surface area contributed by atoms with Gasteiger partial charge in [-0.15, -0.1) is 0 Å². The van der Waals surface area contributed by atoms with Crippen molar-refractivity contribution in [3.8, 4) is 0 Å². The lowest BCUT2D eigenvalue weighted by atomic mass is 9.72. The minimum Gasteiger partial charge on any atom is -0.342 e. The van der Waals surface area contributed by atoms with Crippen molar-refractivity contribution in [3.05, 3.63) is 30.1 Å². The standard InChI is InChI=1S/C22H31N3O2S/c26-20-5-7-22(17-25(20)11-6-18-2-1-10-23-14-18)8-12-24(13-9-22)21(27)16-28-15-19-3-4-19/h1-2,10,14,19H,3-9,11-13,15-17H2. The molecule has 0 N–H and O–H groups in total. The first kappa shape index (κ1) is 19.7. The number of hydrogen-bond acceptors (Lipinski definition) is 4. The molecule has 1 aromatic heterocycles. The Morgan fingerprint density at radius 1 is 1.25 bits per heavy atom. The van der Waals surface area contributed by atoms with E-state index in [1.165, 1.54) is 18.4 Å². The van der Waals surface area contributed by atoms with Crippen molar-refractivity contribution in [2.45, 2.75) is 44.9 Å². The van der Waals surface area contributed by atoms with E-state index in [4.69, 9.17) is 0 Å². The van der Waals surface area contributed by atoms with Crippen LogP contribution in [0.15, 0.2) is 24.5 Å². The quantitative estimate of drug-likeness (QED) is 0.705. The van der Waals surface area contributed by atoms with E-state index in [1.807, 2.05) is 24.0 Å². The average Bonchev–Trinajstić information content (AvgIpc) is 3.55. The first-order chi connectivity index (χ1) is 13.6. The van der Waals surface area contributed by atoms with Gasteiger partial charge in [-0.2, -0.15) is 11.8 Å². The van der Waals surface area contributed by atoms with E-state index >= 15 is 0 Å². The lowest BCUT2D eigenvalue weighted by Crippen LogP contribution is -2.52. The number of carbonyl (C=O) groups is 2. The number of amides is 2. The zero-order valence-electron chi connectivity index (χ0n) is 16.6. The largest absolute Gasteiger partial charge is 0.342 e. The Hall–Kier alpha value is -1.56. The zero-order chi connectivity index (χ0) is 19.4. The first-order valence-corrected chi connectivity index (χ1v) is 11.8. The van der Waals surface area contributed by atoms with Crippen molar-refractivity contribution in [1.29, 1.82) is 0 Å². The Bertz CT molecular complexity index is 684. The van der Waals surface area contributed by atoms with Crippen LogP contribution >= 0.6 is 11.8 Å². The number of thioether (sulfide) groups is 1. The first-order valence-electron chi connectivity index (χ1n) is 10.7. The fraction of sp³-hybridized carbons (Fsp3) is 0.682. The van der Waals surface area contributed by atoms with Gasteiger partial charge in [-0.05, 0) is 67.2 Å². The smallest absolute Gasteiger partial charge is 0.232 e. The van der Waals surface area contributed by atoms with Gasteiger partial charge in [-0.25, -0.2) is 0 Å². The summed E-state index contributed by atoms with van der Waals surface area (Å²) in [5.41, 5.74) is 1.39. The fourth-order valence-corrected chi connectivity index (χ4v) is 5.59. The maximum absolute atomic E-state index is 12.5. The molecule has 1 aromatic rings. The summed E-state index contributed by atoms with van der Waals surface area (Å²) >= 11 is 1.81. The van der Waals surface area contributed by atoms with Gasteiger partial charge in [0.05, 0.1) is 5.75 Å². The summed E-state index contributed by atoms with van der Waals surface area (Å²) in [7, 11) is 0. The number of pyridine rings is 1. The molecule has 3 aliphatic rings. The summed E-state index contributed by atoms with van der Waals surface area (Å²) in [5.74, 6) is 3.25. The van der Waals surface area contributed by atoms with E-state index < -0.39 is 0 Å². The molecule has 1 saturated carbocycles. The molecule has 0 atom stereocenters. The van der Waals surface area contributed by atoms with Crippen LogP contribution < -0.4 is 0 Å². The monoisotopic (exact) mass is 401 g/mol. The Labute approximate surface area is 172 Å². The van der Waals surface area contributed by atoms with Gasteiger partial charge in [0.1, 0.15) is 0 Å². The van der Waals surface area contributed by atoms with Gasteiger partial charge in [0.2, 0.25) is 11.8 Å². The molecule has 3 heterocycles. The normalized spacial score (nSPS) is 21.9. The maximum atomic E-state index is 12.5. The molecule has 152 valence electrons. The second-order valence-corrected chi connectivity index (χ2v) is 9.80. The summed E-state index contributed by atoms with van der Waals surface area (Å²) in [6.45, 7) is 3.33. The number of hydrogen-bond donors (Lipinski definition) is 0. The second-order valence-electron chi connectivity index (χ2n) is 8.77. The third-order valence-electron chi connectivity index (χ3n) is 6.59. The van der Waals surface area contributed by atoms with Crippen LogP contribution in [0.25, 0.3) is 0 Å². The number of carbonyl (C=O) groups excluding carboxylic acids is 2. The molecule has 2 aliphatic heterocycles. The van der Waals surface area contributed by atoms with E-state index in [1.54, 1.807) is 6.20 Å². The van der Waals surface area contributed by atoms with Gasteiger partial charge in [0, 0.05) is 45.0 Å². The van der Waals surface area contributed by atoms with Crippen molar-refractivity contribution in [1.82, 2.24) is 14.8 Å². The molecular weight excluding hydrogens is 370 g/mol. The van der Waals surface area contributed by atoms with E-state index in [-0.39, 0.29) is 11.3 Å². The highest BCUT2D eigenvalue weighted by Crippen LogP contribution is 2.40. The summed E-state index contributed by atoms with van der Waals surface area (Å²) in [5, 5.41) is 0. The van der Waals surface area contributed by atoms with Crippen molar-refractivity contribution in [3.63, 3.8) is 0 Å². The SMILES string of the molecule is O=C(CSCC1CC1)N1CCC2(CCC(=O)N(CCc3cccnc3)C2)CC1. The van der Waals surface area contributed by atoms with Gasteiger partial charge < -0.3 is 9.80 Å². The highest BCUT2D eigenvalue weighted by Gasteiger charge is 2.41. The Kier molecular flexibility index (Phi) is 6.24. The summed E-state index contributed by atoms with van der Waals surface area (Å²) < 4.78 is 0. The Balaban J connectivity index is 1.25. The fourth-order valence-electron chi connectivity index (χ4n) is 4.44. The number of likely N-dealkylation sites (tertiary alicyclic amines) is 2. The zero-order valence-corrected chi connectivity index (χ0v) is 17.5. The Morgan fingerprint density at radius 3 is 2.79 bits per heavy atom. The summed E-state index contributed by atoms with van der Waals surface area (Å²) in [4.78, 5) is 33.2. The van der Waals surface area contributed by atoms with Crippen LogP contribution in [0.3, 0.4) is 0 Å². The van der Waals surface area contributed by atoms with Crippen LogP contribution in [-0.4, -0.2) is 64.3 Å². The van der Waals surface area contributed by atoms with Gasteiger partial charge in [-0.1, -0.05) is 6.07 Å². The highest BCUT2D eigenvalue weighted by atomic mass is 32.2. The van der Waals surface area contributed by atoms with E-state index in [0.29, 0.717) is 18.1 Å². The number of nitrogens with zero attached hydrogens (tertiary/aromatic N) is 3. The van der Waals surface area contributed by atoms with Gasteiger partial charge in [0.15, 0.2) is 0 Å². The average molecular weight is 402 g/mol.